The van der Waals surface area contributed by atoms with Gasteiger partial charge in [-0.3, -0.25) is 4.79 Å². The summed E-state index contributed by atoms with van der Waals surface area (Å²) in [7, 11) is 0. The Balaban J connectivity index is 1.91. The van der Waals surface area contributed by atoms with Gasteiger partial charge in [0.2, 0.25) is 11.8 Å². The lowest BCUT2D eigenvalue weighted by atomic mass is 10.0. The highest BCUT2D eigenvalue weighted by atomic mass is 16.5. The topological polar surface area (TPSA) is 75.0 Å². The third-order valence-electron chi connectivity index (χ3n) is 3.65. The maximum absolute atomic E-state index is 11.2. The molecule has 2 heterocycles. The minimum atomic E-state index is 0.00930. The smallest absolute Gasteiger partial charge is 0.221 e. The Labute approximate surface area is 127 Å². The van der Waals surface area contributed by atoms with E-state index in [1.54, 1.807) is 24.4 Å². The molecular formula is C17H13N3O2. The molecule has 0 bridgehead atoms. The molecule has 0 saturated carbocycles. The van der Waals surface area contributed by atoms with Crippen LogP contribution in [-0.4, -0.2) is 23.5 Å². The molecule has 5 heteroatoms. The number of ether oxygens (including phenoxy) is 1. The molecule has 0 unspecified atom stereocenters. The largest absolute Gasteiger partial charge is 0.475 e. The normalized spacial score (nSPS) is 16.8. The number of pyridine rings is 1. The third kappa shape index (κ3) is 2.57. The number of hydrogen-bond acceptors (Lipinski definition) is 4. The lowest BCUT2D eigenvalue weighted by Gasteiger charge is -2.13. The molecule has 3 rings (SSSR count). The van der Waals surface area contributed by atoms with Gasteiger partial charge in [0, 0.05) is 23.6 Å². The van der Waals surface area contributed by atoms with Gasteiger partial charge in [0.05, 0.1) is 11.6 Å². The van der Waals surface area contributed by atoms with Crippen molar-refractivity contribution < 1.29 is 9.53 Å². The van der Waals surface area contributed by atoms with Crippen LogP contribution in [0, 0.1) is 23.7 Å². The maximum atomic E-state index is 11.2. The minimum Gasteiger partial charge on any atom is -0.475 e. The Hall–Kier alpha value is -3.05. The quantitative estimate of drug-likeness (QED) is 0.874. The van der Waals surface area contributed by atoms with E-state index in [0.717, 1.165) is 17.2 Å². The molecule has 5 nitrogen and oxygen atoms in total. The molecule has 0 spiro atoms. The first-order valence-corrected chi connectivity index (χ1v) is 6.93. The molecule has 1 N–H and O–H groups in total. The van der Waals surface area contributed by atoms with Gasteiger partial charge >= 0.3 is 0 Å². The number of amides is 1. The zero-order chi connectivity index (χ0) is 15.5. The number of fused-ring (bicyclic) bond motifs is 1. The zero-order valence-electron chi connectivity index (χ0n) is 11.8. The SMILES string of the molecule is C#Cc1cc2c(OC[C@@H]3CCC(=O)N3)nccc2cc1C#N. The van der Waals surface area contributed by atoms with Crippen molar-refractivity contribution in [3.63, 3.8) is 0 Å². The fourth-order valence-corrected chi connectivity index (χ4v) is 2.50. The summed E-state index contributed by atoms with van der Waals surface area (Å²) in [6.07, 6.45) is 8.37. The highest BCUT2D eigenvalue weighted by molar-refractivity contribution is 5.89. The number of hydrogen-bond donors (Lipinski definition) is 1. The van der Waals surface area contributed by atoms with Crippen LogP contribution in [0.4, 0.5) is 0 Å². The molecule has 1 fully saturated rings. The van der Waals surface area contributed by atoms with E-state index in [4.69, 9.17) is 16.4 Å². The van der Waals surface area contributed by atoms with Gasteiger partial charge in [-0.05, 0) is 30.0 Å². The summed E-state index contributed by atoms with van der Waals surface area (Å²) in [5.74, 6) is 3.01. The average molecular weight is 291 g/mol. The van der Waals surface area contributed by atoms with Gasteiger partial charge in [0.15, 0.2) is 0 Å². The molecule has 2 aromatic rings. The number of carbonyl (C=O) groups excluding carboxylic acids is 1. The van der Waals surface area contributed by atoms with Gasteiger partial charge in [-0.1, -0.05) is 5.92 Å². The summed E-state index contributed by atoms with van der Waals surface area (Å²) in [5, 5.41) is 13.6. The zero-order valence-corrected chi connectivity index (χ0v) is 11.8. The Kier molecular flexibility index (Phi) is 3.64. The van der Waals surface area contributed by atoms with Crippen molar-refractivity contribution in [1.29, 1.82) is 5.26 Å². The number of carbonyl (C=O) groups is 1. The van der Waals surface area contributed by atoms with Crippen LogP contribution in [0.3, 0.4) is 0 Å². The number of rotatable bonds is 3. The van der Waals surface area contributed by atoms with E-state index in [1.807, 2.05) is 0 Å². The second kappa shape index (κ2) is 5.75. The molecule has 22 heavy (non-hydrogen) atoms. The predicted octanol–water partition coefficient (Wildman–Crippen LogP) is 1.75. The number of nitriles is 1. The number of nitrogens with one attached hydrogen (secondary N) is 1. The fourth-order valence-electron chi connectivity index (χ4n) is 2.50. The number of nitrogens with zero attached hydrogens (tertiary/aromatic N) is 2. The third-order valence-corrected chi connectivity index (χ3v) is 3.65. The van der Waals surface area contributed by atoms with Crippen molar-refractivity contribution in [2.24, 2.45) is 0 Å². The molecule has 1 aromatic heterocycles. The van der Waals surface area contributed by atoms with Gasteiger partial charge in [0.25, 0.3) is 0 Å². The van der Waals surface area contributed by atoms with Crippen molar-refractivity contribution >= 4 is 16.7 Å². The summed E-state index contributed by atoms with van der Waals surface area (Å²) in [6.45, 7) is 0.364. The van der Waals surface area contributed by atoms with Gasteiger partial charge in [-0.25, -0.2) is 4.98 Å². The van der Waals surface area contributed by atoms with Crippen LogP contribution in [0.25, 0.3) is 10.8 Å². The maximum Gasteiger partial charge on any atom is 0.221 e. The molecule has 0 aliphatic carbocycles. The summed E-state index contributed by atoms with van der Waals surface area (Å²) < 4.78 is 5.75. The minimum absolute atomic E-state index is 0.00930. The lowest BCUT2D eigenvalue weighted by Crippen LogP contribution is -2.31. The Morgan fingerprint density at radius 1 is 1.45 bits per heavy atom. The molecule has 0 radical (unpaired) electrons. The van der Waals surface area contributed by atoms with E-state index in [9.17, 15) is 4.79 Å². The second-order valence-electron chi connectivity index (χ2n) is 5.11. The Morgan fingerprint density at radius 2 is 2.32 bits per heavy atom. The van der Waals surface area contributed by atoms with E-state index >= 15 is 0 Å². The predicted molar refractivity (Wildman–Crippen MR) is 81.1 cm³/mol. The average Bonchev–Trinajstić information content (AvgIpc) is 2.96. The monoisotopic (exact) mass is 291 g/mol. The second-order valence-corrected chi connectivity index (χ2v) is 5.11. The molecule has 1 aliphatic rings. The van der Waals surface area contributed by atoms with Gasteiger partial charge < -0.3 is 10.1 Å². The Bertz CT molecular complexity index is 830. The summed E-state index contributed by atoms with van der Waals surface area (Å²) in [5.41, 5.74) is 0.970. The standard InChI is InChI=1S/C17H13N3O2/c1-2-11-8-15-12(7-13(11)9-18)5-6-19-17(15)22-10-14-3-4-16(21)20-14/h1,5-8,14H,3-4,10H2,(H,20,21)/t14-/m0/s1. The fraction of sp³-hybridized carbons (Fsp3) is 0.235. The van der Waals surface area contributed by atoms with Crippen LogP contribution in [0.5, 0.6) is 5.88 Å². The highest BCUT2D eigenvalue weighted by Gasteiger charge is 2.21. The van der Waals surface area contributed by atoms with Crippen molar-refractivity contribution in [2.75, 3.05) is 6.61 Å². The number of benzene rings is 1. The first-order chi connectivity index (χ1) is 10.7. The van der Waals surface area contributed by atoms with Crippen molar-refractivity contribution in [3.05, 3.63) is 35.5 Å². The Morgan fingerprint density at radius 3 is 3.00 bits per heavy atom. The summed E-state index contributed by atoms with van der Waals surface area (Å²) in [4.78, 5) is 15.4. The summed E-state index contributed by atoms with van der Waals surface area (Å²) in [6, 6.07) is 7.38. The van der Waals surface area contributed by atoms with Crippen molar-refractivity contribution in [2.45, 2.75) is 18.9 Å². The van der Waals surface area contributed by atoms with Crippen molar-refractivity contribution in [1.82, 2.24) is 10.3 Å². The molecule has 1 aliphatic heterocycles. The van der Waals surface area contributed by atoms with E-state index in [0.29, 0.717) is 30.0 Å². The van der Waals surface area contributed by atoms with Crippen LogP contribution in [0.2, 0.25) is 0 Å². The van der Waals surface area contributed by atoms with Crippen LogP contribution in [0.15, 0.2) is 24.4 Å². The van der Waals surface area contributed by atoms with Crippen LogP contribution >= 0.6 is 0 Å². The first kappa shape index (κ1) is 13.9. The van der Waals surface area contributed by atoms with Crippen LogP contribution in [-0.2, 0) is 4.79 Å². The summed E-state index contributed by atoms with van der Waals surface area (Å²) >= 11 is 0. The van der Waals surface area contributed by atoms with Crippen molar-refractivity contribution in [3.8, 4) is 24.3 Å². The first-order valence-electron chi connectivity index (χ1n) is 6.93. The number of aromatic nitrogens is 1. The van der Waals surface area contributed by atoms with Gasteiger partial charge in [-0.15, -0.1) is 6.42 Å². The molecule has 1 saturated heterocycles. The van der Waals surface area contributed by atoms with Crippen LogP contribution in [0.1, 0.15) is 24.0 Å². The van der Waals surface area contributed by atoms with E-state index < -0.39 is 0 Å². The number of terminal acetylenes is 1. The molecule has 1 amide bonds. The molecular weight excluding hydrogens is 278 g/mol. The van der Waals surface area contributed by atoms with E-state index in [1.165, 1.54) is 0 Å². The molecule has 108 valence electrons. The molecule has 1 atom stereocenters. The van der Waals surface area contributed by atoms with Gasteiger partial charge in [0.1, 0.15) is 12.7 Å². The highest BCUT2D eigenvalue weighted by Crippen LogP contribution is 2.26. The van der Waals surface area contributed by atoms with Crippen LogP contribution < -0.4 is 10.1 Å². The lowest BCUT2D eigenvalue weighted by molar-refractivity contribution is -0.119. The van der Waals surface area contributed by atoms with E-state index in [-0.39, 0.29) is 11.9 Å². The molecule has 1 aromatic carbocycles. The van der Waals surface area contributed by atoms with E-state index in [2.05, 4.69) is 22.3 Å². The van der Waals surface area contributed by atoms with Gasteiger partial charge in [-0.2, -0.15) is 5.26 Å².